The molecule has 32 heavy (non-hydrogen) atoms. The molecule has 0 radical (unpaired) electrons. The maximum atomic E-state index is 13.6. The van der Waals surface area contributed by atoms with Crippen molar-refractivity contribution < 1.29 is 23.5 Å². The van der Waals surface area contributed by atoms with Crippen molar-refractivity contribution in [3.05, 3.63) is 57.8 Å². The summed E-state index contributed by atoms with van der Waals surface area (Å²) in [5, 5.41) is 6.45. The summed E-state index contributed by atoms with van der Waals surface area (Å²) >= 11 is 3.49. The molecule has 2 aromatic rings. The largest absolute Gasteiger partial charge is 0.490 e. The van der Waals surface area contributed by atoms with Crippen LogP contribution in [0.15, 0.2) is 46.0 Å². The molecule has 0 aromatic heterocycles. The number of carbonyl (C=O) groups is 2. The summed E-state index contributed by atoms with van der Waals surface area (Å²) in [6, 6.07) is 9.24. The van der Waals surface area contributed by atoms with Crippen molar-refractivity contribution in [2.24, 2.45) is 5.10 Å². The van der Waals surface area contributed by atoms with E-state index in [1.165, 1.54) is 24.4 Å². The van der Waals surface area contributed by atoms with Crippen molar-refractivity contribution in [1.29, 1.82) is 0 Å². The van der Waals surface area contributed by atoms with Gasteiger partial charge in [-0.3, -0.25) is 9.59 Å². The zero-order valence-electron chi connectivity index (χ0n) is 18.1. The molecular formula is C23H27BrFN3O4. The van der Waals surface area contributed by atoms with Crippen LogP contribution in [0.4, 0.5) is 4.39 Å². The third-order valence-electron chi connectivity index (χ3n) is 4.23. The smallest absolute Gasteiger partial charge is 0.254 e. The van der Waals surface area contributed by atoms with E-state index in [9.17, 15) is 14.0 Å². The summed E-state index contributed by atoms with van der Waals surface area (Å²) in [7, 11) is 0. The van der Waals surface area contributed by atoms with E-state index in [4.69, 9.17) is 9.47 Å². The van der Waals surface area contributed by atoms with E-state index in [2.05, 4.69) is 38.7 Å². The number of amides is 2. The number of benzene rings is 2. The summed E-state index contributed by atoms with van der Waals surface area (Å²) < 4.78 is 25.8. The highest BCUT2D eigenvalue weighted by Gasteiger charge is 2.12. The molecule has 0 aliphatic carbocycles. The van der Waals surface area contributed by atoms with Gasteiger partial charge in [0.25, 0.3) is 5.91 Å². The first-order valence-electron chi connectivity index (χ1n) is 10.4. The number of unbranched alkanes of at least 4 members (excludes halogenated alkanes) is 1. The minimum Gasteiger partial charge on any atom is -0.490 e. The molecular weight excluding hydrogens is 481 g/mol. The van der Waals surface area contributed by atoms with Gasteiger partial charge in [-0.1, -0.05) is 25.5 Å². The first kappa shape index (κ1) is 25.3. The Labute approximate surface area is 195 Å². The van der Waals surface area contributed by atoms with E-state index < -0.39 is 17.6 Å². The van der Waals surface area contributed by atoms with Gasteiger partial charge in [0.2, 0.25) is 5.91 Å². The van der Waals surface area contributed by atoms with Crippen LogP contribution in [0, 0.1) is 5.82 Å². The minimum absolute atomic E-state index is 0.00434. The number of nitrogens with one attached hydrogen (secondary N) is 2. The van der Waals surface area contributed by atoms with Gasteiger partial charge in [-0.2, -0.15) is 5.10 Å². The molecule has 0 saturated carbocycles. The van der Waals surface area contributed by atoms with Crippen LogP contribution < -0.4 is 20.2 Å². The molecule has 0 heterocycles. The normalized spacial score (nSPS) is 10.8. The SMILES string of the molecule is CCCCOc1c(Br)cc(C=NNC(=O)CCNC(=O)c2ccccc2F)cc1OCC. The van der Waals surface area contributed by atoms with Crippen molar-refractivity contribution in [2.45, 2.75) is 33.1 Å². The van der Waals surface area contributed by atoms with Gasteiger partial charge >= 0.3 is 0 Å². The lowest BCUT2D eigenvalue weighted by Gasteiger charge is -2.14. The van der Waals surface area contributed by atoms with Crippen LogP contribution in [0.3, 0.4) is 0 Å². The molecule has 2 N–H and O–H groups in total. The molecule has 0 unspecified atom stereocenters. The molecule has 0 spiro atoms. The van der Waals surface area contributed by atoms with E-state index >= 15 is 0 Å². The maximum Gasteiger partial charge on any atom is 0.254 e. The van der Waals surface area contributed by atoms with Crippen molar-refractivity contribution in [2.75, 3.05) is 19.8 Å². The monoisotopic (exact) mass is 507 g/mol. The van der Waals surface area contributed by atoms with Gasteiger partial charge in [-0.15, -0.1) is 0 Å². The molecule has 172 valence electrons. The third kappa shape index (κ3) is 7.96. The molecule has 0 saturated heterocycles. The van der Waals surface area contributed by atoms with E-state index in [0.717, 1.165) is 17.3 Å². The predicted octanol–water partition coefficient (Wildman–Crippen LogP) is 4.44. The van der Waals surface area contributed by atoms with E-state index in [1.54, 1.807) is 12.1 Å². The summed E-state index contributed by atoms with van der Waals surface area (Å²) in [5.41, 5.74) is 3.04. The number of nitrogens with zero attached hydrogens (tertiary/aromatic N) is 1. The van der Waals surface area contributed by atoms with Gasteiger partial charge < -0.3 is 14.8 Å². The average Bonchev–Trinajstić information content (AvgIpc) is 2.76. The molecule has 0 aliphatic rings. The fourth-order valence-corrected chi connectivity index (χ4v) is 3.22. The van der Waals surface area contributed by atoms with Crippen molar-refractivity contribution >= 4 is 34.0 Å². The second-order valence-electron chi connectivity index (χ2n) is 6.74. The van der Waals surface area contributed by atoms with E-state index in [1.807, 2.05) is 13.0 Å². The van der Waals surface area contributed by atoms with Crippen molar-refractivity contribution in [1.82, 2.24) is 10.7 Å². The lowest BCUT2D eigenvalue weighted by molar-refractivity contribution is -0.120. The van der Waals surface area contributed by atoms with Crippen LogP contribution in [0.5, 0.6) is 11.5 Å². The summed E-state index contributed by atoms with van der Waals surface area (Å²) in [4.78, 5) is 23.9. The Hall–Kier alpha value is -2.94. The minimum atomic E-state index is -0.613. The lowest BCUT2D eigenvalue weighted by Crippen LogP contribution is -2.29. The van der Waals surface area contributed by atoms with Crippen molar-refractivity contribution in [3.8, 4) is 11.5 Å². The van der Waals surface area contributed by atoms with Crippen LogP contribution in [0.25, 0.3) is 0 Å². The molecule has 0 aliphatic heterocycles. The van der Waals surface area contributed by atoms with Gasteiger partial charge in [0.1, 0.15) is 5.82 Å². The summed E-state index contributed by atoms with van der Waals surface area (Å²) in [6.07, 6.45) is 3.45. The molecule has 7 nitrogen and oxygen atoms in total. The van der Waals surface area contributed by atoms with Gasteiger partial charge in [0.05, 0.1) is 29.5 Å². The fraction of sp³-hybridized carbons (Fsp3) is 0.348. The Morgan fingerprint density at radius 2 is 1.97 bits per heavy atom. The number of rotatable bonds is 12. The number of hydrazone groups is 1. The Kier molecular flexibility index (Phi) is 10.7. The molecule has 9 heteroatoms. The highest BCUT2D eigenvalue weighted by molar-refractivity contribution is 9.10. The second kappa shape index (κ2) is 13.5. The van der Waals surface area contributed by atoms with Crippen LogP contribution in [0.2, 0.25) is 0 Å². The zero-order valence-corrected chi connectivity index (χ0v) is 19.7. The summed E-state index contributed by atoms with van der Waals surface area (Å²) in [6.45, 7) is 5.10. The standard InChI is InChI=1S/C23H27BrFN3O4/c1-3-5-12-32-22-18(24)13-16(14-20(22)31-4-2)15-27-28-21(29)10-11-26-23(30)17-8-6-7-9-19(17)25/h6-9,13-15H,3-5,10-12H2,1-2H3,(H,26,30)(H,28,29). The summed E-state index contributed by atoms with van der Waals surface area (Å²) in [5.74, 6) is -0.361. The highest BCUT2D eigenvalue weighted by Crippen LogP contribution is 2.36. The topological polar surface area (TPSA) is 89.0 Å². The number of hydrogen-bond donors (Lipinski definition) is 2. The lowest BCUT2D eigenvalue weighted by atomic mass is 10.2. The Bertz CT molecular complexity index is 953. The van der Waals surface area contributed by atoms with E-state index in [0.29, 0.717) is 30.3 Å². The molecule has 2 amide bonds. The Morgan fingerprint density at radius 3 is 2.69 bits per heavy atom. The van der Waals surface area contributed by atoms with Gasteiger partial charge in [0, 0.05) is 13.0 Å². The van der Waals surface area contributed by atoms with Gasteiger partial charge in [-0.05, 0) is 59.1 Å². The molecule has 2 aromatic carbocycles. The molecule has 0 atom stereocenters. The first-order chi connectivity index (χ1) is 15.5. The maximum absolute atomic E-state index is 13.6. The second-order valence-corrected chi connectivity index (χ2v) is 7.60. The van der Waals surface area contributed by atoms with Gasteiger partial charge in [0.15, 0.2) is 11.5 Å². The number of carbonyl (C=O) groups excluding carboxylic acids is 2. The first-order valence-corrected chi connectivity index (χ1v) is 11.2. The van der Waals surface area contributed by atoms with Gasteiger partial charge in [-0.25, -0.2) is 9.82 Å². The molecule has 2 rings (SSSR count). The quantitative estimate of drug-likeness (QED) is 0.252. The molecule has 0 fully saturated rings. The van der Waals surface area contributed by atoms with E-state index in [-0.39, 0.29) is 18.5 Å². The third-order valence-corrected chi connectivity index (χ3v) is 4.82. The Balaban J connectivity index is 1.87. The number of ether oxygens (including phenoxy) is 2. The van der Waals surface area contributed by atoms with Crippen LogP contribution in [0.1, 0.15) is 49.0 Å². The molecule has 0 bridgehead atoms. The average molecular weight is 508 g/mol. The Morgan fingerprint density at radius 1 is 1.19 bits per heavy atom. The van der Waals surface area contributed by atoms with Crippen LogP contribution in [-0.2, 0) is 4.79 Å². The number of halogens is 2. The van der Waals surface area contributed by atoms with Crippen LogP contribution in [-0.4, -0.2) is 37.8 Å². The van der Waals surface area contributed by atoms with Crippen molar-refractivity contribution in [3.63, 3.8) is 0 Å². The predicted molar refractivity (Wildman–Crippen MR) is 125 cm³/mol. The van der Waals surface area contributed by atoms with Crippen LogP contribution >= 0.6 is 15.9 Å². The number of hydrogen-bond acceptors (Lipinski definition) is 5. The highest BCUT2D eigenvalue weighted by atomic mass is 79.9. The fourth-order valence-electron chi connectivity index (χ4n) is 2.65. The zero-order chi connectivity index (χ0) is 23.3.